The first kappa shape index (κ1) is 8.50. The molecule has 0 spiro atoms. The summed E-state index contributed by atoms with van der Waals surface area (Å²) in [7, 11) is 0. The van der Waals surface area contributed by atoms with Gasteiger partial charge in [-0.2, -0.15) is 5.10 Å². The van der Waals surface area contributed by atoms with Crippen molar-refractivity contribution >= 4 is 5.82 Å². The first-order valence-electron chi connectivity index (χ1n) is 4.33. The van der Waals surface area contributed by atoms with Crippen LogP contribution in [-0.4, -0.2) is 23.4 Å². The van der Waals surface area contributed by atoms with Crippen molar-refractivity contribution in [2.45, 2.75) is 12.8 Å². The van der Waals surface area contributed by atoms with Crippen LogP contribution in [0.2, 0.25) is 0 Å². The molecule has 1 fully saturated rings. The lowest BCUT2D eigenvalue weighted by Gasteiger charge is -2.03. The number of hydrogen-bond acceptors (Lipinski definition) is 3. The van der Waals surface area contributed by atoms with E-state index in [1.54, 1.807) is 0 Å². The van der Waals surface area contributed by atoms with Crippen LogP contribution in [0.1, 0.15) is 12.1 Å². The maximum atomic E-state index is 13.2. The van der Waals surface area contributed by atoms with Crippen LogP contribution in [0.25, 0.3) is 0 Å². The predicted octanol–water partition coefficient (Wildman–Crippen LogP) is 0.710. The Morgan fingerprint density at radius 3 is 3.08 bits per heavy atom. The van der Waals surface area contributed by atoms with E-state index >= 15 is 0 Å². The van der Waals surface area contributed by atoms with E-state index in [0.29, 0.717) is 24.6 Å². The van der Waals surface area contributed by atoms with E-state index in [2.05, 4.69) is 10.2 Å². The summed E-state index contributed by atoms with van der Waals surface area (Å²) in [6.45, 7) is 1.48. The van der Waals surface area contributed by atoms with Gasteiger partial charge in [-0.15, -0.1) is 0 Å². The molecule has 2 rings (SSSR count). The van der Waals surface area contributed by atoms with Crippen molar-refractivity contribution in [2.24, 2.45) is 5.92 Å². The molecule has 5 heteroatoms. The number of hydrogen-bond donors (Lipinski definition) is 2. The Labute approximate surface area is 75.3 Å². The first-order chi connectivity index (χ1) is 6.27. The summed E-state index contributed by atoms with van der Waals surface area (Å²) in [4.78, 5) is 0. The first-order valence-corrected chi connectivity index (χ1v) is 4.33. The molecule has 3 N–H and O–H groups in total. The number of ether oxygens (including phenoxy) is 1. The molecular formula is C8H12FN3O. The van der Waals surface area contributed by atoms with E-state index in [-0.39, 0.29) is 5.82 Å². The SMILES string of the molecule is Nc1n[nH]c(CC2CCOC2)c1F. The summed E-state index contributed by atoms with van der Waals surface area (Å²) in [5.41, 5.74) is 5.76. The van der Waals surface area contributed by atoms with Gasteiger partial charge in [0.15, 0.2) is 11.6 Å². The van der Waals surface area contributed by atoms with Crippen molar-refractivity contribution in [3.63, 3.8) is 0 Å². The minimum absolute atomic E-state index is 0.0473. The standard InChI is InChI=1S/C8H12FN3O/c9-7-6(11-12-8(7)10)3-5-1-2-13-4-5/h5H,1-4H2,(H3,10,11,12). The molecule has 1 aliphatic heterocycles. The number of aromatic nitrogens is 2. The third-order valence-electron chi connectivity index (χ3n) is 2.32. The summed E-state index contributed by atoms with van der Waals surface area (Å²) in [6, 6.07) is 0. The zero-order valence-electron chi connectivity index (χ0n) is 7.22. The van der Waals surface area contributed by atoms with E-state index in [1.165, 1.54) is 0 Å². The second-order valence-electron chi connectivity index (χ2n) is 3.34. The van der Waals surface area contributed by atoms with Gasteiger partial charge in [0.1, 0.15) is 0 Å². The smallest absolute Gasteiger partial charge is 0.187 e. The number of nitrogens with one attached hydrogen (secondary N) is 1. The number of nitrogen functional groups attached to an aromatic ring is 1. The molecule has 1 atom stereocenters. The summed E-state index contributed by atoms with van der Waals surface area (Å²) in [6.07, 6.45) is 1.62. The average molecular weight is 185 g/mol. The zero-order valence-corrected chi connectivity index (χ0v) is 7.22. The average Bonchev–Trinajstić information content (AvgIpc) is 2.71. The van der Waals surface area contributed by atoms with Gasteiger partial charge in [0.2, 0.25) is 0 Å². The Morgan fingerprint density at radius 2 is 2.54 bits per heavy atom. The van der Waals surface area contributed by atoms with Gasteiger partial charge in [-0.3, -0.25) is 5.10 Å². The van der Waals surface area contributed by atoms with E-state index in [9.17, 15) is 4.39 Å². The Kier molecular flexibility index (Phi) is 2.18. The molecule has 0 aromatic carbocycles. The van der Waals surface area contributed by atoms with Gasteiger partial charge in [-0.25, -0.2) is 4.39 Å². The molecule has 1 unspecified atom stereocenters. The second kappa shape index (κ2) is 3.33. The van der Waals surface area contributed by atoms with Gasteiger partial charge in [0.05, 0.1) is 5.69 Å². The third kappa shape index (κ3) is 1.65. The van der Waals surface area contributed by atoms with E-state index in [0.717, 1.165) is 13.0 Å². The lowest BCUT2D eigenvalue weighted by Crippen LogP contribution is -2.05. The normalized spacial score (nSPS) is 22.4. The fraction of sp³-hybridized carbons (Fsp3) is 0.625. The van der Waals surface area contributed by atoms with Gasteiger partial charge in [0.25, 0.3) is 0 Å². The van der Waals surface area contributed by atoms with Crippen LogP contribution < -0.4 is 5.73 Å². The van der Waals surface area contributed by atoms with Crippen LogP contribution >= 0.6 is 0 Å². The summed E-state index contributed by atoms with van der Waals surface area (Å²) in [5, 5.41) is 6.19. The molecule has 1 aromatic heterocycles. The molecule has 1 aromatic rings. The predicted molar refractivity (Wildman–Crippen MR) is 45.6 cm³/mol. The third-order valence-corrected chi connectivity index (χ3v) is 2.32. The van der Waals surface area contributed by atoms with E-state index in [4.69, 9.17) is 10.5 Å². The number of nitrogens with zero attached hydrogens (tertiary/aromatic N) is 1. The molecule has 0 bridgehead atoms. The minimum atomic E-state index is -0.410. The largest absolute Gasteiger partial charge is 0.381 e. The monoisotopic (exact) mass is 185 g/mol. The van der Waals surface area contributed by atoms with Crippen LogP contribution in [0.4, 0.5) is 10.2 Å². The Morgan fingerprint density at radius 1 is 1.69 bits per heavy atom. The summed E-state index contributed by atoms with van der Waals surface area (Å²) < 4.78 is 18.3. The van der Waals surface area contributed by atoms with Crippen LogP contribution in [0.5, 0.6) is 0 Å². The van der Waals surface area contributed by atoms with Crippen molar-refractivity contribution < 1.29 is 9.13 Å². The van der Waals surface area contributed by atoms with Crippen molar-refractivity contribution in [1.29, 1.82) is 0 Å². The molecule has 72 valence electrons. The van der Waals surface area contributed by atoms with E-state index in [1.807, 2.05) is 0 Å². The number of aromatic amines is 1. The van der Waals surface area contributed by atoms with Crippen molar-refractivity contribution in [3.8, 4) is 0 Å². The van der Waals surface area contributed by atoms with E-state index < -0.39 is 5.82 Å². The van der Waals surface area contributed by atoms with Crippen molar-refractivity contribution in [3.05, 3.63) is 11.5 Å². The van der Waals surface area contributed by atoms with Crippen LogP contribution in [0.15, 0.2) is 0 Å². The molecule has 13 heavy (non-hydrogen) atoms. The number of rotatable bonds is 2. The molecule has 0 aliphatic carbocycles. The Balaban J connectivity index is 2.04. The topological polar surface area (TPSA) is 63.9 Å². The highest BCUT2D eigenvalue weighted by Crippen LogP contribution is 2.20. The second-order valence-corrected chi connectivity index (χ2v) is 3.34. The molecular weight excluding hydrogens is 173 g/mol. The van der Waals surface area contributed by atoms with Gasteiger partial charge in [0, 0.05) is 13.2 Å². The molecule has 2 heterocycles. The van der Waals surface area contributed by atoms with Gasteiger partial charge < -0.3 is 10.5 Å². The van der Waals surface area contributed by atoms with Crippen LogP contribution in [0, 0.1) is 11.7 Å². The van der Waals surface area contributed by atoms with Gasteiger partial charge in [-0.05, 0) is 18.8 Å². The number of nitrogens with two attached hydrogens (primary N) is 1. The Bertz CT molecular complexity index is 294. The zero-order chi connectivity index (χ0) is 9.26. The van der Waals surface area contributed by atoms with Crippen molar-refractivity contribution in [1.82, 2.24) is 10.2 Å². The van der Waals surface area contributed by atoms with Crippen LogP contribution in [0.3, 0.4) is 0 Å². The minimum Gasteiger partial charge on any atom is -0.381 e. The summed E-state index contributed by atoms with van der Waals surface area (Å²) >= 11 is 0. The molecule has 1 saturated heterocycles. The number of H-pyrrole nitrogens is 1. The molecule has 0 saturated carbocycles. The fourth-order valence-electron chi connectivity index (χ4n) is 1.55. The summed E-state index contributed by atoms with van der Waals surface area (Å²) in [5.74, 6) is -0.0600. The highest BCUT2D eigenvalue weighted by atomic mass is 19.1. The fourth-order valence-corrected chi connectivity index (χ4v) is 1.55. The highest BCUT2D eigenvalue weighted by Gasteiger charge is 2.20. The van der Waals surface area contributed by atoms with Gasteiger partial charge >= 0.3 is 0 Å². The number of halogens is 1. The highest BCUT2D eigenvalue weighted by molar-refractivity contribution is 5.31. The lowest BCUT2D eigenvalue weighted by atomic mass is 10.0. The molecule has 0 amide bonds. The maximum Gasteiger partial charge on any atom is 0.187 e. The molecule has 0 radical (unpaired) electrons. The molecule has 4 nitrogen and oxygen atoms in total. The quantitative estimate of drug-likeness (QED) is 0.713. The number of anilines is 1. The Hall–Kier alpha value is -1.10. The molecule has 1 aliphatic rings. The van der Waals surface area contributed by atoms with Crippen LogP contribution in [-0.2, 0) is 11.2 Å². The lowest BCUT2D eigenvalue weighted by molar-refractivity contribution is 0.185. The maximum absolute atomic E-state index is 13.2. The van der Waals surface area contributed by atoms with Gasteiger partial charge in [-0.1, -0.05) is 0 Å². The van der Waals surface area contributed by atoms with Crippen molar-refractivity contribution in [2.75, 3.05) is 18.9 Å².